The molecule has 7 nitrogen and oxygen atoms in total. The van der Waals surface area contributed by atoms with Crippen LogP contribution in [0.4, 0.5) is 0 Å². The average Bonchev–Trinajstić information content (AvgIpc) is 3.08. The van der Waals surface area contributed by atoms with E-state index in [0.717, 1.165) is 29.6 Å². The largest absolute Gasteiger partial charge is 0.464 e. The van der Waals surface area contributed by atoms with Gasteiger partial charge in [0.1, 0.15) is 18.1 Å². The Balaban J connectivity index is 1.55. The number of guanidine groups is 1. The minimum Gasteiger partial charge on any atom is -0.464 e. The van der Waals surface area contributed by atoms with Crippen molar-refractivity contribution >= 4 is 23.6 Å². The molecule has 1 aromatic heterocycles. The lowest BCUT2D eigenvalue weighted by Gasteiger charge is -2.04. The second-order valence-electron chi connectivity index (χ2n) is 4.46. The first-order chi connectivity index (χ1) is 10.3. The molecule has 0 fully saturated rings. The maximum atomic E-state index is 10.9. The molecule has 4 N–H and O–H groups in total. The van der Waals surface area contributed by atoms with E-state index in [-0.39, 0.29) is 19.1 Å². The van der Waals surface area contributed by atoms with E-state index >= 15 is 0 Å². The summed E-state index contributed by atoms with van der Waals surface area (Å²) in [5, 5.41) is 17.5. The number of nitrogens with zero attached hydrogens (tertiary/aromatic N) is 1. The van der Waals surface area contributed by atoms with E-state index in [0.29, 0.717) is 19.0 Å². The van der Waals surface area contributed by atoms with Crippen LogP contribution in [0.2, 0.25) is 0 Å². The molecule has 0 radical (unpaired) electrons. The SMILES string of the molecule is O=C1CN=C(NCCSCc2ccc(CNCCO)o2)N1. The summed E-state index contributed by atoms with van der Waals surface area (Å²) in [7, 11) is 0. The second-order valence-corrected chi connectivity index (χ2v) is 5.57. The predicted octanol–water partition coefficient (Wildman–Crippen LogP) is -0.330. The van der Waals surface area contributed by atoms with E-state index in [4.69, 9.17) is 9.52 Å². The van der Waals surface area contributed by atoms with Gasteiger partial charge in [0.2, 0.25) is 5.91 Å². The van der Waals surface area contributed by atoms with Crippen molar-refractivity contribution in [2.24, 2.45) is 4.99 Å². The van der Waals surface area contributed by atoms with Gasteiger partial charge in [-0.05, 0) is 12.1 Å². The highest BCUT2D eigenvalue weighted by Crippen LogP contribution is 2.15. The Bertz CT molecular complexity index is 490. The number of hydrogen-bond donors (Lipinski definition) is 4. The van der Waals surface area contributed by atoms with Gasteiger partial charge in [0.25, 0.3) is 0 Å². The van der Waals surface area contributed by atoms with E-state index in [2.05, 4.69) is 20.9 Å². The van der Waals surface area contributed by atoms with Crippen LogP contribution >= 0.6 is 11.8 Å². The highest BCUT2D eigenvalue weighted by molar-refractivity contribution is 7.98. The van der Waals surface area contributed by atoms with Gasteiger partial charge in [-0.15, -0.1) is 0 Å². The molecule has 116 valence electrons. The smallest absolute Gasteiger partial charge is 0.248 e. The molecule has 0 saturated carbocycles. The summed E-state index contributed by atoms with van der Waals surface area (Å²) < 4.78 is 5.66. The molecule has 0 unspecified atom stereocenters. The number of rotatable bonds is 9. The van der Waals surface area contributed by atoms with Crippen molar-refractivity contribution < 1.29 is 14.3 Å². The number of furan rings is 1. The lowest BCUT2D eigenvalue weighted by Crippen LogP contribution is -2.37. The third-order valence-corrected chi connectivity index (χ3v) is 3.71. The van der Waals surface area contributed by atoms with Crippen LogP contribution in [0, 0.1) is 0 Å². The zero-order valence-corrected chi connectivity index (χ0v) is 12.5. The highest BCUT2D eigenvalue weighted by atomic mass is 32.2. The Kier molecular flexibility index (Phi) is 6.58. The maximum absolute atomic E-state index is 10.9. The van der Waals surface area contributed by atoms with E-state index in [1.54, 1.807) is 11.8 Å². The maximum Gasteiger partial charge on any atom is 0.248 e. The molecule has 0 aromatic carbocycles. The number of thioether (sulfide) groups is 1. The normalized spacial score (nSPS) is 14.1. The first-order valence-corrected chi connectivity index (χ1v) is 7.98. The Morgan fingerprint density at radius 1 is 1.38 bits per heavy atom. The van der Waals surface area contributed by atoms with Crippen molar-refractivity contribution in [3.05, 3.63) is 23.7 Å². The van der Waals surface area contributed by atoms with Crippen molar-refractivity contribution in [2.75, 3.05) is 32.0 Å². The second kappa shape index (κ2) is 8.71. The molecule has 1 aliphatic rings. The van der Waals surface area contributed by atoms with Crippen LogP contribution in [-0.2, 0) is 17.1 Å². The monoisotopic (exact) mass is 312 g/mol. The molecule has 8 heteroatoms. The zero-order chi connectivity index (χ0) is 14.9. The Morgan fingerprint density at radius 3 is 3.00 bits per heavy atom. The number of amides is 1. The minimum atomic E-state index is -0.0666. The molecular weight excluding hydrogens is 292 g/mol. The average molecular weight is 312 g/mol. The first-order valence-electron chi connectivity index (χ1n) is 6.83. The molecule has 2 rings (SSSR count). The van der Waals surface area contributed by atoms with Gasteiger partial charge in [-0.1, -0.05) is 0 Å². The third-order valence-electron chi connectivity index (χ3n) is 2.73. The number of hydrogen-bond acceptors (Lipinski definition) is 7. The Morgan fingerprint density at radius 2 is 2.24 bits per heavy atom. The van der Waals surface area contributed by atoms with Gasteiger partial charge in [-0.3, -0.25) is 10.1 Å². The fraction of sp³-hybridized carbons (Fsp3) is 0.538. The van der Waals surface area contributed by atoms with Crippen LogP contribution in [0.5, 0.6) is 0 Å². The molecule has 1 aromatic rings. The van der Waals surface area contributed by atoms with Crippen molar-refractivity contribution in [3.8, 4) is 0 Å². The number of carbonyl (C=O) groups is 1. The van der Waals surface area contributed by atoms with Crippen molar-refractivity contribution in [1.29, 1.82) is 0 Å². The number of nitrogens with one attached hydrogen (secondary N) is 3. The molecule has 0 bridgehead atoms. The van der Waals surface area contributed by atoms with Gasteiger partial charge in [-0.25, -0.2) is 4.99 Å². The molecule has 1 aliphatic heterocycles. The van der Waals surface area contributed by atoms with Crippen LogP contribution in [-0.4, -0.2) is 49.0 Å². The van der Waals surface area contributed by atoms with Crippen LogP contribution in [0.1, 0.15) is 11.5 Å². The van der Waals surface area contributed by atoms with Gasteiger partial charge in [-0.2, -0.15) is 11.8 Å². The lowest BCUT2D eigenvalue weighted by atomic mass is 10.4. The molecule has 21 heavy (non-hydrogen) atoms. The minimum absolute atomic E-state index is 0.0666. The van der Waals surface area contributed by atoms with Gasteiger partial charge < -0.3 is 20.2 Å². The van der Waals surface area contributed by atoms with Crippen molar-refractivity contribution in [2.45, 2.75) is 12.3 Å². The highest BCUT2D eigenvalue weighted by Gasteiger charge is 2.11. The standard InChI is InChI=1S/C13H20N4O3S/c18-5-3-14-7-10-1-2-11(20-10)9-21-6-4-15-13-16-8-12(19)17-13/h1-2,14,18H,3-9H2,(H2,15,16,17,19). The van der Waals surface area contributed by atoms with E-state index in [9.17, 15) is 4.79 Å². The van der Waals surface area contributed by atoms with Crippen LogP contribution in [0.3, 0.4) is 0 Å². The van der Waals surface area contributed by atoms with Gasteiger partial charge in [0.15, 0.2) is 5.96 Å². The Hall–Kier alpha value is -1.51. The zero-order valence-electron chi connectivity index (χ0n) is 11.7. The fourth-order valence-corrected chi connectivity index (χ4v) is 2.51. The number of aliphatic hydroxyl groups excluding tert-OH is 1. The topological polar surface area (TPSA) is 98.9 Å². The van der Waals surface area contributed by atoms with Crippen LogP contribution in [0.25, 0.3) is 0 Å². The summed E-state index contributed by atoms with van der Waals surface area (Å²) >= 11 is 1.75. The van der Waals surface area contributed by atoms with E-state index in [1.807, 2.05) is 12.1 Å². The molecule has 0 saturated heterocycles. The summed E-state index contributed by atoms with van der Waals surface area (Å²) in [4.78, 5) is 14.9. The quantitative estimate of drug-likeness (QED) is 0.466. The third kappa shape index (κ3) is 5.78. The van der Waals surface area contributed by atoms with Crippen LogP contribution < -0.4 is 16.0 Å². The Labute approximate surface area is 127 Å². The van der Waals surface area contributed by atoms with E-state index in [1.165, 1.54) is 0 Å². The van der Waals surface area contributed by atoms with Gasteiger partial charge in [0, 0.05) is 18.8 Å². The lowest BCUT2D eigenvalue weighted by molar-refractivity contribution is -0.117. The number of carbonyl (C=O) groups excluding carboxylic acids is 1. The summed E-state index contributed by atoms with van der Waals surface area (Å²) in [6.45, 7) is 2.29. The summed E-state index contributed by atoms with van der Waals surface area (Å²) in [6, 6.07) is 3.92. The van der Waals surface area contributed by atoms with E-state index < -0.39 is 0 Å². The molecule has 2 heterocycles. The van der Waals surface area contributed by atoms with Gasteiger partial charge in [0.05, 0.1) is 18.9 Å². The predicted molar refractivity (Wildman–Crippen MR) is 82.1 cm³/mol. The van der Waals surface area contributed by atoms with Gasteiger partial charge >= 0.3 is 0 Å². The summed E-state index contributed by atoms with van der Waals surface area (Å²) in [5.41, 5.74) is 0. The molecule has 0 aliphatic carbocycles. The molecule has 1 amide bonds. The summed E-state index contributed by atoms with van der Waals surface area (Å²) in [5.74, 6) is 4.01. The molecular formula is C13H20N4O3S. The number of aliphatic imine (C=N–C) groups is 1. The molecule has 0 spiro atoms. The fourth-order valence-electron chi connectivity index (χ4n) is 1.76. The first kappa shape index (κ1) is 15.9. The summed E-state index contributed by atoms with van der Waals surface area (Å²) in [6.07, 6.45) is 0. The van der Waals surface area contributed by atoms with Crippen molar-refractivity contribution in [1.82, 2.24) is 16.0 Å². The molecule has 0 atom stereocenters. The number of aliphatic hydroxyl groups is 1. The van der Waals surface area contributed by atoms with Crippen LogP contribution in [0.15, 0.2) is 21.5 Å². The van der Waals surface area contributed by atoms with Crippen molar-refractivity contribution in [3.63, 3.8) is 0 Å².